The number of aryl methyl sites for hydroxylation is 1. The average Bonchev–Trinajstić information content (AvgIpc) is 3.43. The average molecular weight is 526 g/mol. The molecule has 152 valence electrons. The molecule has 1 saturated heterocycles. The second-order valence-corrected chi connectivity index (χ2v) is 10.3. The van der Waals surface area contributed by atoms with E-state index >= 15 is 0 Å². The number of epoxide rings is 1. The van der Waals surface area contributed by atoms with Gasteiger partial charge < -0.3 is 4.74 Å². The van der Waals surface area contributed by atoms with Gasteiger partial charge in [0, 0.05) is 20.4 Å². The fourth-order valence-corrected chi connectivity index (χ4v) is 5.86. The van der Waals surface area contributed by atoms with Crippen molar-refractivity contribution in [3.05, 3.63) is 104 Å². The third-order valence-electron chi connectivity index (χ3n) is 6.69. The fraction of sp³-hybridized carbons (Fsp3) is 0.269. The largest absolute Gasteiger partial charge is 0.360 e. The molecule has 2 nitrogen and oxygen atoms in total. The Bertz CT molecular complexity index is 1110. The van der Waals surface area contributed by atoms with Gasteiger partial charge in [-0.15, -0.1) is 0 Å². The molecule has 5 atom stereocenters. The molecule has 1 aliphatic carbocycles. The zero-order valence-corrected chi connectivity index (χ0v) is 20.0. The van der Waals surface area contributed by atoms with Crippen molar-refractivity contribution in [1.29, 1.82) is 0 Å². The van der Waals surface area contributed by atoms with Gasteiger partial charge in [0.05, 0.1) is 12.0 Å². The molecule has 1 heterocycles. The van der Waals surface area contributed by atoms with Crippen molar-refractivity contribution in [2.75, 3.05) is 0 Å². The lowest BCUT2D eigenvalue weighted by atomic mass is 9.74. The van der Waals surface area contributed by atoms with Gasteiger partial charge in [-0.2, -0.15) is 0 Å². The van der Waals surface area contributed by atoms with E-state index in [0.29, 0.717) is 0 Å². The second-order valence-electron chi connectivity index (χ2n) is 8.49. The highest BCUT2D eigenvalue weighted by Crippen LogP contribution is 2.68. The zero-order valence-electron chi connectivity index (χ0n) is 16.8. The molecule has 4 heteroatoms. The Morgan fingerprint density at radius 1 is 0.933 bits per heavy atom. The smallest absolute Gasteiger partial charge is 0.169 e. The minimum atomic E-state index is -0.557. The van der Waals surface area contributed by atoms with Gasteiger partial charge in [-0.3, -0.25) is 4.79 Å². The van der Waals surface area contributed by atoms with Crippen molar-refractivity contribution < 1.29 is 9.53 Å². The molecule has 1 aliphatic heterocycles. The molecule has 3 aromatic carbocycles. The van der Waals surface area contributed by atoms with E-state index < -0.39 is 5.60 Å². The Labute approximate surface area is 193 Å². The number of carbonyl (C=O) groups excluding carboxylic acids is 1. The number of ketones is 1. The molecule has 0 unspecified atom stereocenters. The highest BCUT2D eigenvalue weighted by Gasteiger charge is 2.74. The topological polar surface area (TPSA) is 29.6 Å². The van der Waals surface area contributed by atoms with Crippen LogP contribution in [0.1, 0.15) is 39.9 Å². The van der Waals surface area contributed by atoms with E-state index in [-0.39, 0.29) is 29.6 Å². The van der Waals surface area contributed by atoms with Gasteiger partial charge in [0.15, 0.2) is 5.78 Å². The summed E-state index contributed by atoms with van der Waals surface area (Å²) in [6, 6.07) is 24.5. The molecule has 1 saturated carbocycles. The summed E-state index contributed by atoms with van der Waals surface area (Å²) in [7, 11) is 0. The summed E-state index contributed by atoms with van der Waals surface area (Å²) in [4.78, 5) is 14.0. The van der Waals surface area contributed by atoms with Crippen LogP contribution in [0, 0.1) is 18.8 Å². The number of Topliss-reactive ketones (excluding diaryl/α,β-unsaturated/α-hetero) is 1. The highest BCUT2D eigenvalue weighted by atomic mass is 79.9. The molecule has 0 amide bonds. The van der Waals surface area contributed by atoms with E-state index in [9.17, 15) is 4.79 Å². The van der Waals surface area contributed by atoms with E-state index in [1.807, 2.05) is 36.4 Å². The minimum Gasteiger partial charge on any atom is -0.360 e. The predicted octanol–water partition coefficient (Wildman–Crippen LogP) is 7.05. The number of carbonyl (C=O) groups is 1. The van der Waals surface area contributed by atoms with Crippen molar-refractivity contribution in [3.8, 4) is 0 Å². The fourth-order valence-electron chi connectivity index (χ4n) is 5.33. The van der Waals surface area contributed by atoms with Gasteiger partial charge in [0.25, 0.3) is 0 Å². The molecule has 5 rings (SSSR count). The zero-order chi connectivity index (χ0) is 21.0. The number of benzene rings is 3. The summed E-state index contributed by atoms with van der Waals surface area (Å²) in [5.41, 5.74) is 3.71. The Morgan fingerprint density at radius 2 is 1.57 bits per heavy atom. The molecular weight excluding hydrogens is 504 g/mol. The normalized spacial score (nSPS) is 29.5. The van der Waals surface area contributed by atoms with Crippen molar-refractivity contribution in [2.24, 2.45) is 11.8 Å². The van der Waals surface area contributed by atoms with Gasteiger partial charge in [-0.1, -0.05) is 92.9 Å². The van der Waals surface area contributed by atoms with Gasteiger partial charge in [-0.25, -0.2) is 0 Å². The maximum atomic E-state index is 14.0. The van der Waals surface area contributed by atoms with Gasteiger partial charge in [-0.05, 0) is 48.2 Å². The van der Waals surface area contributed by atoms with E-state index in [1.165, 1.54) is 11.1 Å². The second kappa shape index (κ2) is 7.44. The van der Waals surface area contributed by atoms with Crippen molar-refractivity contribution >= 4 is 37.6 Å². The highest BCUT2D eigenvalue weighted by molar-refractivity contribution is 9.10. The Morgan fingerprint density at radius 3 is 2.20 bits per heavy atom. The van der Waals surface area contributed by atoms with Crippen LogP contribution in [0.4, 0.5) is 0 Å². The van der Waals surface area contributed by atoms with Crippen LogP contribution in [-0.2, 0) is 10.3 Å². The van der Waals surface area contributed by atoms with Crippen LogP contribution in [0.2, 0.25) is 0 Å². The summed E-state index contributed by atoms with van der Waals surface area (Å²) in [6.07, 6.45) is 0.0496. The lowest BCUT2D eigenvalue weighted by molar-refractivity contribution is 0.0742. The van der Waals surface area contributed by atoms with Crippen LogP contribution in [0.25, 0.3) is 0 Å². The monoisotopic (exact) mass is 524 g/mol. The molecule has 3 aromatic rings. The molecular formula is C26H22Br2O2. The molecule has 0 N–H and O–H groups in total. The van der Waals surface area contributed by atoms with Crippen molar-refractivity contribution in [2.45, 2.75) is 31.5 Å². The maximum absolute atomic E-state index is 14.0. The van der Waals surface area contributed by atoms with Crippen LogP contribution >= 0.6 is 31.9 Å². The van der Waals surface area contributed by atoms with Gasteiger partial charge in [0.1, 0.15) is 5.60 Å². The molecule has 0 spiro atoms. The molecule has 30 heavy (non-hydrogen) atoms. The number of ether oxygens (including phenoxy) is 1. The molecule has 0 aromatic heterocycles. The molecule has 2 fully saturated rings. The van der Waals surface area contributed by atoms with Crippen LogP contribution in [0.3, 0.4) is 0 Å². The number of halogens is 2. The summed E-state index contributed by atoms with van der Waals surface area (Å²) >= 11 is 7.01. The first-order chi connectivity index (χ1) is 14.4. The molecule has 0 bridgehead atoms. The number of rotatable bonds is 4. The first kappa shape index (κ1) is 20.2. The standard InChI is InChI=1S/C26H22Br2O2/c1-15-4-3-5-18(14-15)22-16(2)25-26(30-25,19-8-12-21(28)13-9-19)23(22)24(29)17-6-10-20(27)11-7-17/h3-14,16,22-23,25H,1-2H3/t16-,22+,23+,25-,26+/m0/s1. The Kier molecular flexibility index (Phi) is 5.00. The van der Waals surface area contributed by atoms with E-state index in [2.05, 4.69) is 82.1 Å². The lowest BCUT2D eigenvalue weighted by Gasteiger charge is -2.29. The van der Waals surface area contributed by atoms with Crippen LogP contribution < -0.4 is 0 Å². The van der Waals surface area contributed by atoms with Crippen molar-refractivity contribution in [3.63, 3.8) is 0 Å². The molecule has 0 radical (unpaired) electrons. The first-order valence-corrected chi connectivity index (χ1v) is 11.8. The minimum absolute atomic E-state index is 0.0496. The summed E-state index contributed by atoms with van der Waals surface area (Å²) < 4.78 is 8.39. The molecule has 2 aliphatic rings. The van der Waals surface area contributed by atoms with Gasteiger partial charge >= 0.3 is 0 Å². The van der Waals surface area contributed by atoms with Crippen LogP contribution in [0.5, 0.6) is 0 Å². The van der Waals surface area contributed by atoms with Crippen molar-refractivity contribution in [1.82, 2.24) is 0 Å². The Balaban J connectivity index is 1.65. The number of fused-ring (bicyclic) bond motifs is 1. The predicted molar refractivity (Wildman–Crippen MR) is 126 cm³/mol. The van der Waals surface area contributed by atoms with E-state index in [1.54, 1.807) is 0 Å². The number of hydrogen-bond acceptors (Lipinski definition) is 2. The SMILES string of the molecule is Cc1cccc([C@H]2[C@H](C)[C@@H]3O[C@]3(c3ccc(Br)cc3)[C@H]2C(=O)c2ccc(Br)cc2)c1. The third kappa shape index (κ3) is 3.12. The summed E-state index contributed by atoms with van der Waals surface area (Å²) in [5.74, 6) is 0.258. The number of hydrogen-bond donors (Lipinski definition) is 0. The summed E-state index contributed by atoms with van der Waals surface area (Å²) in [5, 5.41) is 0. The quantitative estimate of drug-likeness (QED) is 0.270. The van der Waals surface area contributed by atoms with Crippen LogP contribution in [-0.4, -0.2) is 11.9 Å². The van der Waals surface area contributed by atoms with E-state index in [4.69, 9.17) is 4.74 Å². The first-order valence-electron chi connectivity index (χ1n) is 10.2. The Hall–Kier alpha value is -1.75. The third-order valence-corrected chi connectivity index (χ3v) is 7.74. The van der Waals surface area contributed by atoms with Gasteiger partial charge in [0.2, 0.25) is 0 Å². The lowest BCUT2D eigenvalue weighted by Crippen LogP contribution is -2.32. The maximum Gasteiger partial charge on any atom is 0.169 e. The van der Waals surface area contributed by atoms with E-state index in [0.717, 1.165) is 20.1 Å². The van der Waals surface area contributed by atoms with Crippen LogP contribution in [0.15, 0.2) is 81.7 Å². The summed E-state index contributed by atoms with van der Waals surface area (Å²) in [6.45, 7) is 4.34.